The number of nitrogens with zero attached hydrogens (tertiary/aromatic N) is 3. The first kappa shape index (κ1) is 21.7. The van der Waals surface area contributed by atoms with Gasteiger partial charge in [-0.3, -0.25) is 9.59 Å². The minimum absolute atomic E-state index is 0.0821. The number of benzene rings is 1. The van der Waals surface area contributed by atoms with Gasteiger partial charge in [0.05, 0.1) is 24.1 Å². The van der Waals surface area contributed by atoms with Crippen LogP contribution in [0.25, 0.3) is 0 Å². The van der Waals surface area contributed by atoms with Crippen LogP contribution in [0, 0.1) is 0 Å². The minimum Gasteiger partial charge on any atom is -0.369 e. The van der Waals surface area contributed by atoms with E-state index in [0.29, 0.717) is 12.1 Å². The Hall–Kier alpha value is -2.63. The van der Waals surface area contributed by atoms with Gasteiger partial charge >= 0.3 is 12.4 Å². The molecular formula is C16H15F6N3O3. The highest BCUT2D eigenvalue weighted by Crippen LogP contribution is 2.36. The second kappa shape index (κ2) is 7.78. The molecular weight excluding hydrogens is 396 g/mol. The summed E-state index contributed by atoms with van der Waals surface area (Å²) in [7, 11) is 3.15. The van der Waals surface area contributed by atoms with Gasteiger partial charge in [-0.1, -0.05) is 0 Å². The molecule has 1 fully saturated rings. The van der Waals surface area contributed by atoms with Crippen LogP contribution < -0.4 is 0 Å². The topological polar surface area (TPSA) is 62.2 Å². The number of carbonyl (C=O) groups excluding carboxylic acids is 2. The first-order valence-corrected chi connectivity index (χ1v) is 7.73. The molecule has 0 spiro atoms. The Balaban J connectivity index is 2.40. The van der Waals surface area contributed by atoms with E-state index in [1.807, 2.05) is 0 Å². The van der Waals surface area contributed by atoms with Gasteiger partial charge in [-0.15, -0.1) is 0 Å². The van der Waals surface area contributed by atoms with Gasteiger partial charge in [0, 0.05) is 19.7 Å². The average Bonchev–Trinajstić information content (AvgIpc) is 3.06. The van der Waals surface area contributed by atoms with Gasteiger partial charge in [-0.2, -0.15) is 26.3 Å². The highest BCUT2D eigenvalue weighted by Gasteiger charge is 2.40. The van der Waals surface area contributed by atoms with E-state index in [0.717, 1.165) is 11.2 Å². The third-order valence-corrected chi connectivity index (χ3v) is 3.68. The normalized spacial score (nSPS) is 18.0. The third kappa shape index (κ3) is 5.00. The molecule has 154 valence electrons. The van der Waals surface area contributed by atoms with Gasteiger partial charge in [0.1, 0.15) is 12.8 Å². The monoisotopic (exact) mass is 411 g/mol. The van der Waals surface area contributed by atoms with Crippen molar-refractivity contribution in [1.29, 1.82) is 0 Å². The first-order chi connectivity index (χ1) is 12.8. The second-order valence-corrected chi connectivity index (χ2v) is 6.13. The van der Waals surface area contributed by atoms with Crippen molar-refractivity contribution in [1.82, 2.24) is 9.80 Å². The summed E-state index contributed by atoms with van der Waals surface area (Å²) >= 11 is 0. The average molecular weight is 411 g/mol. The number of amides is 2. The minimum atomic E-state index is -5.09. The molecule has 1 aromatic carbocycles. The fraction of sp³-hybridized carbons (Fsp3) is 0.438. The SMILES string of the molecule is CN(C)C=NC(=O)[C@@H]1COCN1C(=O)c1cc(C(F)(F)F)cc(C(F)(F)F)c1. The molecule has 0 saturated carbocycles. The molecule has 2 amide bonds. The van der Waals surface area contributed by atoms with E-state index in [2.05, 4.69) is 4.99 Å². The first-order valence-electron chi connectivity index (χ1n) is 7.73. The Morgan fingerprint density at radius 1 is 1.11 bits per heavy atom. The summed E-state index contributed by atoms with van der Waals surface area (Å²) in [5, 5.41) is 0. The van der Waals surface area contributed by atoms with Crippen LogP contribution in [-0.4, -0.2) is 61.4 Å². The van der Waals surface area contributed by atoms with Crippen LogP contribution in [0.15, 0.2) is 23.2 Å². The standard InChI is InChI=1S/C16H15F6N3O3/c1-24(2)7-23-13(26)12-6-28-8-25(12)14(27)9-3-10(15(17,18)19)5-11(4-9)16(20,21)22/h3-5,7,12H,6,8H2,1-2H3/t12-/m0/s1. The molecule has 1 aromatic rings. The molecule has 1 heterocycles. The predicted octanol–water partition coefficient (Wildman–Crippen LogP) is 2.64. The Bertz CT molecular complexity index is 757. The summed E-state index contributed by atoms with van der Waals surface area (Å²) in [6, 6.07) is -0.727. The number of hydrogen-bond acceptors (Lipinski definition) is 3. The lowest BCUT2D eigenvalue weighted by atomic mass is 10.0. The largest absolute Gasteiger partial charge is 0.416 e. The van der Waals surface area contributed by atoms with Crippen molar-refractivity contribution in [2.45, 2.75) is 18.4 Å². The molecule has 0 bridgehead atoms. The number of aliphatic imine (C=N–C) groups is 1. The van der Waals surface area contributed by atoms with E-state index in [1.165, 1.54) is 4.90 Å². The van der Waals surface area contributed by atoms with Crippen LogP contribution in [0.4, 0.5) is 26.3 Å². The van der Waals surface area contributed by atoms with Gasteiger partial charge in [0.25, 0.3) is 11.8 Å². The maximum Gasteiger partial charge on any atom is 0.416 e. The summed E-state index contributed by atoms with van der Waals surface area (Å²) in [4.78, 5) is 30.4. The van der Waals surface area contributed by atoms with Crippen molar-refractivity contribution < 1.29 is 40.7 Å². The van der Waals surface area contributed by atoms with Crippen molar-refractivity contribution in [3.63, 3.8) is 0 Å². The van der Waals surface area contributed by atoms with Crippen LogP contribution in [0.2, 0.25) is 0 Å². The number of halogens is 6. The lowest BCUT2D eigenvalue weighted by Gasteiger charge is -2.21. The fourth-order valence-corrected chi connectivity index (χ4v) is 2.35. The van der Waals surface area contributed by atoms with E-state index in [-0.39, 0.29) is 12.7 Å². The maximum absolute atomic E-state index is 13.0. The Morgan fingerprint density at radius 3 is 2.11 bits per heavy atom. The van der Waals surface area contributed by atoms with Crippen LogP contribution in [-0.2, 0) is 21.9 Å². The highest BCUT2D eigenvalue weighted by atomic mass is 19.4. The zero-order valence-corrected chi connectivity index (χ0v) is 14.6. The fourth-order valence-electron chi connectivity index (χ4n) is 2.35. The molecule has 0 radical (unpaired) electrons. The molecule has 0 unspecified atom stereocenters. The summed E-state index contributed by atoms with van der Waals surface area (Å²) in [5.41, 5.74) is -4.11. The number of ether oxygens (including phenoxy) is 1. The second-order valence-electron chi connectivity index (χ2n) is 6.13. The number of rotatable bonds is 3. The molecule has 0 aliphatic carbocycles. The van der Waals surface area contributed by atoms with E-state index in [9.17, 15) is 35.9 Å². The van der Waals surface area contributed by atoms with Crippen molar-refractivity contribution in [3.8, 4) is 0 Å². The van der Waals surface area contributed by atoms with Gasteiger partial charge in [0.2, 0.25) is 0 Å². The Morgan fingerprint density at radius 2 is 1.64 bits per heavy atom. The number of hydrogen-bond donors (Lipinski definition) is 0. The van der Waals surface area contributed by atoms with Crippen molar-refractivity contribution in [3.05, 3.63) is 34.9 Å². The summed E-state index contributed by atoms with van der Waals surface area (Å²) in [6.45, 7) is -0.745. The molecule has 2 rings (SSSR count). The van der Waals surface area contributed by atoms with E-state index < -0.39 is 53.6 Å². The molecule has 1 aliphatic rings. The molecule has 12 heteroatoms. The van der Waals surface area contributed by atoms with Gasteiger partial charge in [-0.25, -0.2) is 4.99 Å². The number of carbonyl (C=O) groups is 2. The van der Waals surface area contributed by atoms with E-state index in [4.69, 9.17) is 4.74 Å². The zero-order valence-electron chi connectivity index (χ0n) is 14.6. The third-order valence-electron chi connectivity index (χ3n) is 3.68. The van der Waals surface area contributed by atoms with Gasteiger partial charge < -0.3 is 14.5 Å². The predicted molar refractivity (Wildman–Crippen MR) is 84.4 cm³/mol. The molecule has 28 heavy (non-hydrogen) atoms. The van der Waals surface area contributed by atoms with Crippen LogP contribution >= 0.6 is 0 Å². The van der Waals surface area contributed by atoms with Crippen LogP contribution in [0.1, 0.15) is 21.5 Å². The molecule has 0 aromatic heterocycles. The highest BCUT2D eigenvalue weighted by molar-refractivity contribution is 5.99. The van der Waals surface area contributed by atoms with Crippen molar-refractivity contribution >= 4 is 18.2 Å². The molecule has 1 saturated heterocycles. The van der Waals surface area contributed by atoms with Crippen molar-refractivity contribution in [2.24, 2.45) is 4.99 Å². The Kier molecular flexibility index (Phi) is 6.02. The summed E-state index contributed by atoms with van der Waals surface area (Å²) < 4.78 is 82.8. The zero-order chi connectivity index (χ0) is 21.3. The molecule has 0 N–H and O–H groups in total. The molecule has 1 aliphatic heterocycles. The maximum atomic E-state index is 13.0. The quantitative estimate of drug-likeness (QED) is 0.436. The van der Waals surface area contributed by atoms with Crippen LogP contribution in [0.5, 0.6) is 0 Å². The summed E-state index contributed by atoms with van der Waals surface area (Å²) in [6.07, 6.45) is -9.04. The van der Waals surface area contributed by atoms with E-state index >= 15 is 0 Å². The van der Waals surface area contributed by atoms with Gasteiger partial charge in [0.15, 0.2) is 0 Å². The summed E-state index contributed by atoms with van der Waals surface area (Å²) in [5.74, 6) is -2.02. The van der Waals surface area contributed by atoms with Crippen LogP contribution in [0.3, 0.4) is 0 Å². The lowest BCUT2D eigenvalue weighted by Crippen LogP contribution is -2.41. The number of alkyl halides is 6. The lowest BCUT2D eigenvalue weighted by molar-refractivity contribution is -0.143. The van der Waals surface area contributed by atoms with Gasteiger partial charge in [-0.05, 0) is 18.2 Å². The van der Waals surface area contributed by atoms with Crippen molar-refractivity contribution in [2.75, 3.05) is 27.4 Å². The molecule has 6 nitrogen and oxygen atoms in total. The van der Waals surface area contributed by atoms with E-state index in [1.54, 1.807) is 14.1 Å². The molecule has 1 atom stereocenters. The smallest absolute Gasteiger partial charge is 0.369 e. The Labute approximate surface area is 155 Å².